The highest BCUT2D eigenvalue weighted by Gasteiger charge is 2.22. The molecule has 2 rings (SSSR count). The zero-order valence-electron chi connectivity index (χ0n) is 12.0. The molecule has 0 atom stereocenters. The van der Waals surface area contributed by atoms with E-state index in [1.54, 1.807) is 0 Å². The van der Waals surface area contributed by atoms with E-state index in [4.69, 9.17) is 13.9 Å². The summed E-state index contributed by atoms with van der Waals surface area (Å²) in [6.07, 6.45) is 0. The summed E-state index contributed by atoms with van der Waals surface area (Å²) < 4.78 is 15.3. The first-order valence-electron chi connectivity index (χ1n) is 6.21. The summed E-state index contributed by atoms with van der Waals surface area (Å²) in [6, 6.07) is 5.93. The van der Waals surface area contributed by atoms with Crippen LogP contribution in [0.5, 0.6) is 0 Å². The van der Waals surface area contributed by atoms with Gasteiger partial charge in [0.05, 0.1) is 13.7 Å². The number of hydrogen-bond donors (Lipinski definition) is 0. The molecule has 0 spiro atoms. The van der Waals surface area contributed by atoms with Crippen molar-refractivity contribution in [1.82, 2.24) is 4.98 Å². The van der Waals surface area contributed by atoms with E-state index in [1.165, 1.54) is 14.2 Å². The number of benzene rings is 1. The van der Waals surface area contributed by atoms with Crippen LogP contribution in [0.15, 0.2) is 22.6 Å². The number of nitrogens with zero attached hydrogens (tertiary/aromatic N) is 1. The third kappa shape index (κ3) is 2.72. The van der Waals surface area contributed by atoms with Crippen molar-refractivity contribution in [1.29, 1.82) is 0 Å². The molecule has 0 aliphatic carbocycles. The Morgan fingerprint density at radius 2 is 2.05 bits per heavy atom. The largest absolute Gasteiger partial charge is 0.463 e. The Morgan fingerprint density at radius 1 is 1.30 bits per heavy atom. The number of esters is 1. The van der Waals surface area contributed by atoms with Gasteiger partial charge in [-0.05, 0) is 25.5 Å². The Morgan fingerprint density at radius 3 is 2.65 bits per heavy atom. The molecule has 0 saturated carbocycles. The summed E-state index contributed by atoms with van der Waals surface area (Å²) in [5.41, 5.74) is 3.48. The number of carbonyl (C=O) groups is 1. The zero-order chi connectivity index (χ0) is 14.7. The number of ether oxygens (including phenoxy) is 2. The smallest absolute Gasteiger partial charge is 0.376 e. The minimum Gasteiger partial charge on any atom is -0.463 e. The lowest BCUT2D eigenvalue weighted by atomic mass is 10.1. The van der Waals surface area contributed by atoms with Crippen LogP contribution < -0.4 is 0 Å². The van der Waals surface area contributed by atoms with Crippen molar-refractivity contribution in [3.05, 3.63) is 40.8 Å². The number of methoxy groups -OCH3 is 2. The van der Waals surface area contributed by atoms with Crippen molar-refractivity contribution in [3.8, 4) is 11.5 Å². The number of aryl methyl sites for hydroxylation is 2. The molecule has 0 fully saturated rings. The van der Waals surface area contributed by atoms with Gasteiger partial charge in [-0.3, -0.25) is 0 Å². The van der Waals surface area contributed by atoms with Crippen LogP contribution in [0.1, 0.15) is 27.4 Å². The summed E-state index contributed by atoms with van der Waals surface area (Å²) in [7, 11) is 2.84. The van der Waals surface area contributed by atoms with Crippen LogP contribution in [-0.2, 0) is 16.1 Å². The Kier molecular flexibility index (Phi) is 4.20. The molecule has 1 heterocycles. The number of oxazole rings is 1. The maximum Gasteiger partial charge on any atom is 0.376 e. The lowest BCUT2D eigenvalue weighted by Gasteiger charge is -2.02. The molecule has 5 heteroatoms. The molecule has 106 valence electrons. The van der Waals surface area contributed by atoms with Crippen LogP contribution in [0.3, 0.4) is 0 Å². The molecule has 1 aromatic heterocycles. The van der Waals surface area contributed by atoms with E-state index < -0.39 is 5.97 Å². The van der Waals surface area contributed by atoms with Gasteiger partial charge in [0.1, 0.15) is 5.69 Å². The number of carbonyl (C=O) groups excluding carboxylic acids is 1. The van der Waals surface area contributed by atoms with E-state index in [0.29, 0.717) is 11.6 Å². The lowest BCUT2D eigenvalue weighted by molar-refractivity contribution is 0.0559. The van der Waals surface area contributed by atoms with Crippen LogP contribution in [0, 0.1) is 13.8 Å². The number of aromatic nitrogens is 1. The molecule has 0 saturated heterocycles. The summed E-state index contributed by atoms with van der Waals surface area (Å²) in [5.74, 6) is -0.0696. The first-order valence-corrected chi connectivity index (χ1v) is 6.21. The van der Waals surface area contributed by atoms with Gasteiger partial charge in [-0.25, -0.2) is 9.78 Å². The van der Waals surface area contributed by atoms with Crippen LogP contribution in [-0.4, -0.2) is 25.2 Å². The minimum absolute atomic E-state index is 0.0873. The molecule has 0 bridgehead atoms. The molecular formula is C15H17NO4. The predicted molar refractivity (Wildman–Crippen MR) is 73.5 cm³/mol. The second-order valence-corrected chi connectivity index (χ2v) is 4.54. The fourth-order valence-electron chi connectivity index (χ4n) is 2.01. The first-order chi connectivity index (χ1) is 9.56. The van der Waals surface area contributed by atoms with E-state index >= 15 is 0 Å². The molecule has 0 aliphatic rings. The molecule has 0 N–H and O–H groups in total. The third-order valence-corrected chi connectivity index (χ3v) is 2.96. The van der Waals surface area contributed by atoms with Gasteiger partial charge >= 0.3 is 5.97 Å². The molecule has 0 unspecified atom stereocenters. The van der Waals surface area contributed by atoms with Gasteiger partial charge in [0.15, 0.2) is 0 Å². The van der Waals surface area contributed by atoms with Gasteiger partial charge in [0.2, 0.25) is 11.7 Å². The SMILES string of the molecule is COCc1nc(-c2ccc(C)cc2C)oc1C(=O)OC. The highest BCUT2D eigenvalue weighted by molar-refractivity contribution is 5.88. The Balaban J connectivity index is 2.49. The quantitative estimate of drug-likeness (QED) is 0.803. The minimum atomic E-state index is -0.555. The summed E-state index contributed by atoms with van der Waals surface area (Å²) in [4.78, 5) is 16.0. The van der Waals surface area contributed by atoms with Crippen LogP contribution in [0.25, 0.3) is 11.5 Å². The lowest BCUT2D eigenvalue weighted by Crippen LogP contribution is -2.04. The molecule has 20 heavy (non-hydrogen) atoms. The van der Waals surface area contributed by atoms with Crippen LogP contribution in [0.4, 0.5) is 0 Å². The average Bonchev–Trinajstić information content (AvgIpc) is 2.82. The van der Waals surface area contributed by atoms with Crippen molar-refractivity contribution in [2.75, 3.05) is 14.2 Å². The normalized spacial score (nSPS) is 10.6. The fourth-order valence-corrected chi connectivity index (χ4v) is 2.01. The third-order valence-electron chi connectivity index (χ3n) is 2.96. The van der Waals surface area contributed by atoms with E-state index in [2.05, 4.69) is 4.98 Å². The number of hydrogen-bond acceptors (Lipinski definition) is 5. The second-order valence-electron chi connectivity index (χ2n) is 4.54. The first kappa shape index (κ1) is 14.3. The van der Waals surface area contributed by atoms with Gasteiger partial charge in [0.25, 0.3) is 0 Å². The number of rotatable bonds is 4. The van der Waals surface area contributed by atoms with Gasteiger partial charge < -0.3 is 13.9 Å². The zero-order valence-corrected chi connectivity index (χ0v) is 12.0. The van der Waals surface area contributed by atoms with Crippen molar-refractivity contribution in [3.63, 3.8) is 0 Å². The highest BCUT2D eigenvalue weighted by atomic mass is 16.5. The van der Waals surface area contributed by atoms with Gasteiger partial charge in [-0.1, -0.05) is 17.7 Å². The molecule has 5 nitrogen and oxygen atoms in total. The van der Waals surface area contributed by atoms with Crippen LogP contribution in [0.2, 0.25) is 0 Å². The van der Waals surface area contributed by atoms with Gasteiger partial charge in [0, 0.05) is 12.7 Å². The van der Waals surface area contributed by atoms with Crippen molar-refractivity contribution < 1.29 is 18.7 Å². The Bertz CT molecular complexity index is 631. The topological polar surface area (TPSA) is 61.6 Å². The molecule has 0 radical (unpaired) electrons. The maximum absolute atomic E-state index is 11.7. The average molecular weight is 275 g/mol. The van der Waals surface area contributed by atoms with Crippen molar-refractivity contribution in [2.24, 2.45) is 0 Å². The molecule has 1 aromatic carbocycles. The van der Waals surface area contributed by atoms with E-state index in [1.807, 2.05) is 32.0 Å². The Hall–Kier alpha value is -2.14. The van der Waals surface area contributed by atoms with Crippen LogP contribution >= 0.6 is 0 Å². The second kappa shape index (κ2) is 5.88. The Labute approximate surface area is 117 Å². The van der Waals surface area contributed by atoms with Gasteiger partial charge in [-0.15, -0.1) is 0 Å². The standard InChI is InChI=1S/C15H17NO4/c1-9-5-6-11(10(2)7-9)14-16-12(8-18-3)13(20-14)15(17)19-4/h5-7H,8H2,1-4H3. The summed E-state index contributed by atoms with van der Waals surface area (Å²) >= 11 is 0. The van der Waals surface area contributed by atoms with Gasteiger partial charge in [-0.2, -0.15) is 0 Å². The fraction of sp³-hybridized carbons (Fsp3) is 0.333. The van der Waals surface area contributed by atoms with E-state index in [-0.39, 0.29) is 12.4 Å². The highest BCUT2D eigenvalue weighted by Crippen LogP contribution is 2.26. The van der Waals surface area contributed by atoms with Crippen molar-refractivity contribution in [2.45, 2.75) is 20.5 Å². The molecule has 0 aliphatic heterocycles. The van der Waals surface area contributed by atoms with E-state index in [0.717, 1.165) is 16.7 Å². The molecular weight excluding hydrogens is 258 g/mol. The predicted octanol–water partition coefficient (Wildman–Crippen LogP) is 2.89. The van der Waals surface area contributed by atoms with E-state index in [9.17, 15) is 4.79 Å². The summed E-state index contributed by atoms with van der Waals surface area (Å²) in [5, 5.41) is 0. The van der Waals surface area contributed by atoms with Crippen molar-refractivity contribution >= 4 is 5.97 Å². The molecule has 2 aromatic rings. The monoisotopic (exact) mass is 275 g/mol. The summed E-state index contributed by atoms with van der Waals surface area (Å²) in [6.45, 7) is 4.18. The maximum atomic E-state index is 11.7. The molecule has 0 amide bonds.